The summed E-state index contributed by atoms with van der Waals surface area (Å²) in [6.07, 6.45) is 3.72. The van der Waals surface area contributed by atoms with Crippen molar-refractivity contribution in [1.29, 1.82) is 0 Å². The molecule has 141 valence electrons. The third-order valence-electron chi connectivity index (χ3n) is 3.39. The number of hydrogen-bond acceptors (Lipinski definition) is 7. The maximum Gasteiger partial charge on any atom is 0.296 e. The van der Waals surface area contributed by atoms with Crippen molar-refractivity contribution in [2.45, 2.75) is 6.23 Å². The highest BCUT2D eigenvalue weighted by atomic mass is 35.5. The van der Waals surface area contributed by atoms with E-state index in [0.717, 1.165) is 0 Å². The summed E-state index contributed by atoms with van der Waals surface area (Å²) in [6, 6.07) is 10.6. The van der Waals surface area contributed by atoms with E-state index in [4.69, 9.17) is 25.9 Å². The maximum absolute atomic E-state index is 11.0. The van der Waals surface area contributed by atoms with Crippen molar-refractivity contribution in [2.24, 2.45) is 0 Å². The summed E-state index contributed by atoms with van der Waals surface area (Å²) in [5.41, 5.74) is 0. The number of benzene rings is 1. The van der Waals surface area contributed by atoms with E-state index in [2.05, 4.69) is 4.98 Å². The minimum Gasteiger partial charge on any atom is -0.491 e. The van der Waals surface area contributed by atoms with Gasteiger partial charge in [-0.25, -0.2) is 4.98 Å². The Bertz CT molecular complexity index is 827. The monoisotopic (exact) mass is 408 g/mol. The Labute approximate surface area is 164 Å². The van der Waals surface area contributed by atoms with E-state index in [1.807, 2.05) is 11.4 Å². The topological polar surface area (TPSA) is 88.7 Å². The van der Waals surface area contributed by atoms with Gasteiger partial charge in [-0.05, 0) is 35.7 Å². The van der Waals surface area contributed by atoms with Gasteiger partial charge in [-0.15, -0.1) is 21.5 Å². The normalized spacial score (nSPS) is 12.1. The molecule has 0 saturated heterocycles. The molecule has 1 atom stereocenters. The molecule has 0 aliphatic heterocycles. The molecule has 0 N–H and O–H groups in total. The van der Waals surface area contributed by atoms with Crippen molar-refractivity contribution in [1.82, 2.24) is 9.55 Å². The number of thiophene rings is 1. The molecule has 27 heavy (non-hydrogen) atoms. The van der Waals surface area contributed by atoms with Gasteiger partial charge in [0.05, 0.1) is 12.9 Å². The van der Waals surface area contributed by atoms with Crippen molar-refractivity contribution in [3.8, 4) is 5.75 Å². The molecule has 0 fully saturated rings. The fraction of sp³-hybridized carbons (Fsp3) is 0.176. The summed E-state index contributed by atoms with van der Waals surface area (Å²) in [5.74, 6) is 0.647. The van der Waals surface area contributed by atoms with Crippen molar-refractivity contribution in [3.05, 3.63) is 86.6 Å². The van der Waals surface area contributed by atoms with E-state index in [-0.39, 0.29) is 13.2 Å². The van der Waals surface area contributed by atoms with Crippen LogP contribution in [0.5, 0.6) is 5.75 Å². The van der Waals surface area contributed by atoms with Crippen LogP contribution in [0.1, 0.15) is 11.1 Å². The lowest BCUT2D eigenvalue weighted by molar-refractivity contribution is -0.775. The number of aromatic nitrogens is 2. The first-order chi connectivity index (χ1) is 13.1. The molecule has 2 aromatic heterocycles. The van der Waals surface area contributed by atoms with Gasteiger partial charge in [0.15, 0.2) is 6.10 Å². The zero-order valence-electron chi connectivity index (χ0n) is 13.9. The van der Waals surface area contributed by atoms with Gasteiger partial charge in [-0.1, -0.05) is 17.7 Å². The van der Waals surface area contributed by atoms with Gasteiger partial charge < -0.3 is 14.0 Å². The number of ether oxygens (including phenoxy) is 2. The van der Waals surface area contributed by atoms with E-state index >= 15 is 0 Å². The zero-order valence-corrected chi connectivity index (χ0v) is 15.5. The molecule has 3 aromatic rings. The predicted molar refractivity (Wildman–Crippen MR) is 98.9 cm³/mol. The standard InChI is InChI=1S/C17H15ClN3O5S/c18-13-3-5-14(6-4-13)24-9-10-25-16(15-2-1-11-27-15)17(26-21(22)23)20-8-7-19-12-20/h1-8,11-12,17H,9-10H2. The third-order valence-corrected chi connectivity index (χ3v) is 4.53. The molecule has 1 aromatic carbocycles. The van der Waals surface area contributed by atoms with Crippen LogP contribution in [0, 0.1) is 16.2 Å². The first-order valence-electron chi connectivity index (χ1n) is 7.84. The number of imidazole rings is 1. The number of halogens is 1. The molecule has 1 radical (unpaired) electrons. The predicted octanol–water partition coefficient (Wildman–Crippen LogP) is 3.98. The molecule has 3 rings (SSSR count). The van der Waals surface area contributed by atoms with Gasteiger partial charge in [-0.2, -0.15) is 0 Å². The highest BCUT2D eigenvalue weighted by Crippen LogP contribution is 2.33. The Morgan fingerprint density at radius 3 is 2.74 bits per heavy atom. The SMILES string of the molecule is O=[N+]([O-])OC([C](OCCOc1ccc(Cl)cc1)c1cccs1)n1ccnc1. The summed E-state index contributed by atoms with van der Waals surface area (Å²) < 4.78 is 12.9. The van der Waals surface area contributed by atoms with Crippen LogP contribution >= 0.6 is 22.9 Å². The Morgan fingerprint density at radius 1 is 1.30 bits per heavy atom. The van der Waals surface area contributed by atoms with E-state index in [1.165, 1.54) is 28.4 Å². The highest BCUT2D eigenvalue weighted by Gasteiger charge is 2.31. The van der Waals surface area contributed by atoms with Gasteiger partial charge >= 0.3 is 0 Å². The molecule has 0 bridgehead atoms. The first-order valence-corrected chi connectivity index (χ1v) is 9.10. The van der Waals surface area contributed by atoms with Crippen LogP contribution in [0.15, 0.2) is 60.5 Å². The summed E-state index contributed by atoms with van der Waals surface area (Å²) in [4.78, 5) is 20.4. The smallest absolute Gasteiger partial charge is 0.296 e. The molecule has 10 heteroatoms. The molecule has 2 heterocycles. The van der Waals surface area contributed by atoms with Crippen LogP contribution in [-0.4, -0.2) is 27.9 Å². The first kappa shape index (κ1) is 19.2. The fourth-order valence-corrected chi connectivity index (χ4v) is 3.11. The summed E-state index contributed by atoms with van der Waals surface area (Å²) in [6.45, 7) is 0.410. The Kier molecular flexibility index (Phi) is 6.64. The van der Waals surface area contributed by atoms with E-state index in [1.54, 1.807) is 36.5 Å². The van der Waals surface area contributed by atoms with Gasteiger partial charge in [0, 0.05) is 22.3 Å². The molecule has 0 amide bonds. The quantitative estimate of drug-likeness (QED) is 0.286. The second-order valence-corrected chi connectivity index (χ2v) is 6.57. The number of rotatable bonds is 10. The van der Waals surface area contributed by atoms with E-state index in [0.29, 0.717) is 21.8 Å². The number of nitrogens with zero attached hydrogens (tertiary/aromatic N) is 3. The number of hydrogen-bond donors (Lipinski definition) is 0. The van der Waals surface area contributed by atoms with Gasteiger partial charge in [0.2, 0.25) is 6.23 Å². The van der Waals surface area contributed by atoms with E-state index < -0.39 is 11.3 Å². The van der Waals surface area contributed by atoms with Crippen molar-refractivity contribution < 1.29 is 19.4 Å². The largest absolute Gasteiger partial charge is 0.491 e. The van der Waals surface area contributed by atoms with Crippen LogP contribution in [0.4, 0.5) is 0 Å². The molecule has 0 aliphatic rings. The van der Waals surface area contributed by atoms with Crippen molar-refractivity contribution in [3.63, 3.8) is 0 Å². The molecular formula is C17H15ClN3O5S. The lowest BCUT2D eigenvalue weighted by Crippen LogP contribution is -2.26. The summed E-state index contributed by atoms with van der Waals surface area (Å²) in [7, 11) is 0. The van der Waals surface area contributed by atoms with E-state index in [9.17, 15) is 10.1 Å². The van der Waals surface area contributed by atoms with Crippen LogP contribution in [0.2, 0.25) is 5.02 Å². The molecule has 0 aliphatic carbocycles. The van der Waals surface area contributed by atoms with Gasteiger partial charge in [0.25, 0.3) is 5.09 Å². The van der Waals surface area contributed by atoms with Crippen molar-refractivity contribution in [2.75, 3.05) is 13.2 Å². The van der Waals surface area contributed by atoms with Crippen LogP contribution < -0.4 is 4.74 Å². The van der Waals surface area contributed by atoms with Crippen molar-refractivity contribution >= 4 is 22.9 Å². The average Bonchev–Trinajstić information content (AvgIpc) is 3.35. The minimum atomic E-state index is -1.09. The Hall–Kier alpha value is -2.62. The molecule has 1 unspecified atom stereocenters. The Balaban J connectivity index is 1.67. The molecule has 0 saturated carbocycles. The highest BCUT2D eigenvalue weighted by molar-refractivity contribution is 7.10. The lowest BCUT2D eigenvalue weighted by atomic mass is 10.2. The van der Waals surface area contributed by atoms with Gasteiger partial charge in [-0.3, -0.25) is 4.84 Å². The zero-order chi connectivity index (χ0) is 19.1. The molecular weight excluding hydrogens is 394 g/mol. The molecule has 0 spiro atoms. The Morgan fingerprint density at radius 2 is 2.11 bits per heavy atom. The van der Waals surface area contributed by atoms with Gasteiger partial charge in [0.1, 0.15) is 12.4 Å². The third kappa shape index (κ3) is 5.43. The average molecular weight is 409 g/mol. The minimum absolute atomic E-state index is 0.169. The summed E-state index contributed by atoms with van der Waals surface area (Å²) in [5, 5.41) is 12.6. The second-order valence-electron chi connectivity index (χ2n) is 5.18. The maximum atomic E-state index is 11.0. The molecule has 8 nitrogen and oxygen atoms in total. The van der Waals surface area contributed by atoms with Crippen LogP contribution in [0.25, 0.3) is 0 Å². The second kappa shape index (κ2) is 9.36. The summed E-state index contributed by atoms with van der Waals surface area (Å²) >= 11 is 7.22. The van der Waals surface area contributed by atoms with Crippen LogP contribution in [-0.2, 0) is 9.57 Å². The lowest BCUT2D eigenvalue weighted by Gasteiger charge is -2.24. The fourth-order valence-electron chi connectivity index (χ4n) is 2.25. The van der Waals surface area contributed by atoms with Crippen LogP contribution in [0.3, 0.4) is 0 Å².